The smallest absolute Gasteiger partial charge is 0.277 e. The zero-order valence-corrected chi connectivity index (χ0v) is 17.9. The monoisotopic (exact) mass is 576 g/mol. The molecule has 27 heavy (non-hydrogen) atoms. The second-order valence-corrected chi connectivity index (χ2v) is 7.74. The van der Waals surface area contributed by atoms with Crippen LogP contribution in [0, 0.1) is 15.2 Å². The Labute approximate surface area is 180 Å². The Morgan fingerprint density at radius 3 is 2.67 bits per heavy atom. The zero-order chi connectivity index (χ0) is 20.1. The number of hydrogen-bond donors (Lipinski definition) is 4. The molecule has 0 radical (unpaired) electrons. The van der Waals surface area contributed by atoms with Gasteiger partial charge in [-0.2, -0.15) is 0 Å². The number of anilines is 2. The van der Waals surface area contributed by atoms with Crippen LogP contribution in [0.1, 0.15) is 10.4 Å². The molecule has 0 fully saturated rings. The summed E-state index contributed by atoms with van der Waals surface area (Å²) in [5, 5.41) is 20.8. The number of nitrogens with one attached hydrogen (secondary N) is 2. The predicted octanol–water partition coefficient (Wildman–Crippen LogP) is 3.74. The standard InChI is InChI=1S/C16H13BrClF2IN2O4/c17-10-4-9(16(26)23-27-6-8(25)5-24)15(14(20)13(10)19)22-12-2-1-7(21)3-11(12)18/h1-4,8,22,24-25H,5-6H2,(H,23,26). The maximum atomic E-state index is 14.5. The second kappa shape index (κ2) is 9.94. The van der Waals surface area contributed by atoms with Crippen LogP contribution >= 0.6 is 50.1 Å². The molecule has 0 bridgehead atoms. The molecule has 2 rings (SSSR count). The van der Waals surface area contributed by atoms with E-state index in [9.17, 15) is 18.7 Å². The minimum atomic E-state index is -1.29. The number of halogens is 5. The fourth-order valence-electron chi connectivity index (χ4n) is 1.93. The lowest BCUT2D eigenvalue weighted by molar-refractivity contribution is -0.0295. The van der Waals surface area contributed by atoms with Gasteiger partial charge in [-0.1, -0.05) is 11.6 Å². The van der Waals surface area contributed by atoms with Gasteiger partial charge in [-0.05, 0) is 62.8 Å². The normalized spacial score (nSPS) is 12.0. The van der Waals surface area contributed by atoms with Gasteiger partial charge >= 0.3 is 0 Å². The number of hydrogen-bond acceptors (Lipinski definition) is 5. The first kappa shape index (κ1) is 22.2. The Morgan fingerprint density at radius 2 is 2.04 bits per heavy atom. The van der Waals surface area contributed by atoms with Crippen LogP contribution in [0.3, 0.4) is 0 Å². The molecule has 0 aliphatic rings. The molecular weight excluding hydrogens is 564 g/mol. The van der Waals surface area contributed by atoms with Crippen LogP contribution in [-0.4, -0.2) is 35.4 Å². The Morgan fingerprint density at radius 1 is 1.33 bits per heavy atom. The summed E-state index contributed by atoms with van der Waals surface area (Å²) in [7, 11) is 0. The van der Waals surface area contributed by atoms with Crippen LogP contribution in [0.4, 0.5) is 20.2 Å². The molecule has 1 unspecified atom stereocenters. The molecule has 0 aliphatic carbocycles. The molecule has 1 amide bonds. The van der Waals surface area contributed by atoms with E-state index in [0.29, 0.717) is 0 Å². The van der Waals surface area contributed by atoms with Crippen molar-refractivity contribution in [1.29, 1.82) is 0 Å². The minimum Gasteiger partial charge on any atom is -0.394 e. The Bertz CT molecular complexity index is 860. The zero-order valence-electron chi connectivity index (χ0n) is 13.4. The number of rotatable bonds is 7. The second-order valence-electron chi connectivity index (χ2n) is 5.24. The van der Waals surface area contributed by atoms with Crippen molar-refractivity contribution in [1.82, 2.24) is 5.48 Å². The molecule has 0 aromatic heterocycles. The largest absolute Gasteiger partial charge is 0.394 e. The Balaban J connectivity index is 2.34. The van der Waals surface area contributed by atoms with Gasteiger partial charge in [0.15, 0.2) is 11.6 Å². The average molecular weight is 578 g/mol. The van der Waals surface area contributed by atoms with Crippen LogP contribution < -0.4 is 10.8 Å². The summed E-state index contributed by atoms with van der Waals surface area (Å²) in [4.78, 5) is 17.1. The third-order valence-corrected chi connectivity index (χ3v) is 4.81. The van der Waals surface area contributed by atoms with E-state index in [4.69, 9.17) is 21.5 Å². The molecule has 0 saturated heterocycles. The van der Waals surface area contributed by atoms with Crippen LogP contribution in [0.15, 0.2) is 28.7 Å². The van der Waals surface area contributed by atoms with Crippen molar-refractivity contribution in [3.05, 3.63) is 54.5 Å². The van der Waals surface area contributed by atoms with Crippen LogP contribution in [0.25, 0.3) is 0 Å². The number of aliphatic hydroxyl groups excluding tert-OH is 2. The van der Waals surface area contributed by atoms with E-state index in [1.807, 2.05) is 28.1 Å². The van der Waals surface area contributed by atoms with Gasteiger partial charge in [0.05, 0.1) is 33.0 Å². The first-order chi connectivity index (χ1) is 12.7. The van der Waals surface area contributed by atoms with Gasteiger partial charge in [-0.3, -0.25) is 9.63 Å². The van der Waals surface area contributed by atoms with Gasteiger partial charge in [0.2, 0.25) is 0 Å². The number of carbonyl (C=O) groups excluding carboxylic acids is 1. The first-order valence-corrected chi connectivity index (χ1v) is 9.60. The summed E-state index contributed by atoms with van der Waals surface area (Å²) >= 11 is 11.0. The van der Waals surface area contributed by atoms with Gasteiger partial charge in [0.25, 0.3) is 5.91 Å². The minimum absolute atomic E-state index is 0.248. The van der Waals surface area contributed by atoms with Crippen LogP contribution in [0.5, 0.6) is 0 Å². The van der Waals surface area contributed by atoms with Crippen molar-refractivity contribution in [2.75, 3.05) is 18.5 Å². The fourth-order valence-corrected chi connectivity index (χ4v) is 3.24. The van der Waals surface area contributed by atoms with Gasteiger partial charge in [-0.25, -0.2) is 14.3 Å². The van der Waals surface area contributed by atoms with Gasteiger partial charge < -0.3 is 15.5 Å². The van der Waals surface area contributed by atoms with E-state index in [0.717, 1.165) is 9.64 Å². The molecule has 0 aliphatic heterocycles. The summed E-state index contributed by atoms with van der Waals surface area (Å²) in [5.41, 5.74) is 1.55. The number of hydroxylamine groups is 1. The maximum Gasteiger partial charge on any atom is 0.277 e. The molecule has 2 aromatic carbocycles. The molecule has 2 aromatic rings. The lowest BCUT2D eigenvalue weighted by Gasteiger charge is -2.16. The summed E-state index contributed by atoms with van der Waals surface area (Å²) < 4.78 is 29.0. The molecule has 11 heteroatoms. The van der Waals surface area contributed by atoms with E-state index >= 15 is 0 Å². The molecule has 0 spiro atoms. The fraction of sp³-hybridized carbons (Fsp3) is 0.188. The highest BCUT2D eigenvalue weighted by molar-refractivity contribution is 14.1. The highest BCUT2D eigenvalue weighted by Crippen LogP contribution is 2.34. The summed E-state index contributed by atoms with van der Waals surface area (Å²) in [5.74, 6) is -3.38. The van der Waals surface area contributed by atoms with Crippen LogP contribution in [-0.2, 0) is 4.84 Å². The van der Waals surface area contributed by atoms with E-state index in [1.165, 1.54) is 0 Å². The third kappa shape index (κ3) is 5.72. The van der Waals surface area contributed by atoms with Crippen molar-refractivity contribution in [3.63, 3.8) is 0 Å². The SMILES string of the molecule is O=C(NOCC(O)CO)c1cc(Br)c(F)c(F)c1Nc1ccc(I)cc1Cl. The molecule has 6 nitrogen and oxygen atoms in total. The number of benzene rings is 2. The van der Waals surface area contributed by atoms with Crippen molar-refractivity contribution < 1.29 is 28.6 Å². The molecule has 146 valence electrons. The Hall–Kier alpha value is -1.05. The Kier molecular flexibility index (Phi) is 8.19. The van der Waals surface area contributed by atoms with E-state index < -0.39 is 42.5 Å². The number of amides is 1. The molecule has 1 atom stereocenters. The van der Waals surface area contributed by atoms with Gasteiger partial charge in [0.1, 0.15) is 12.7 Å². The van der Waals surface area contributed by atoms with Crippen molar-refractivity contribution in [2.24, 2.45) is 0 Å². The van der Waals surface area contributed by atoms with Gasteiger partial charge in [-0.15, -0.1) is 0 Å². The molecule has 4 N–H and O–H groups in total. The lowest BCUT2D eigenvalue weighted by atomic mass is 10.1. The predicted molar refractivity (Wildman–Crippen MR) is 108 cm³/mol. The van der Waals surface area contributed by atoms with Gasteiger partial charge in [0, 0.05) is 3.57 Å². The highest BCUT2D eigenvalue weighted by Gasteiger charge is 2.23. The van der Waals surface area contributed by atoms with Crippen molar-refractivity contribution in [2.45, 2.75) is 6.10 Å². The summed E-state index contributed by atoms with van der Waals surface area (Å²) in [6, 6.07) is 5.93. The van der Waals surface area contributed by atoms with E-state index in [2.05, 4.69) is 21.2 Å². The molecule has 0 saturated carbocycles. The van der Waals surface area contributed by atoms with Crippen molar-refractivity contribution in [3.8, 4) is 0 Å². The summed E-state index contributed by atoms with van der Waals surface area (Å²) in [6.07, 6.45) is -1.20. The number of aliphatic hydroxyl groups is 2. The van der Waals surface area contributed by atoms with E-state index in [-0.39, 0.29) is 20.7 Å². The summed E-state index contributed by atoms with van der Waals surface area (Å²) in [6.45, 7) is -0.955. The average Bonchev–Trinajstić information content (AvgIpc) is 2.63. The first-order valence-electron chi connectivity index (χ1n) is 7.35. The van der Waals surface area contributed by atoms with Crippen LogP contribution in [0.2, 0.25) is 5.02 Å². The molecule has 0 heterocycles. The topological polar surface area (TPSA) is 90.8 Å². The molecular formula is C16H13BrClF2IN2O4. The third-order valence-electron chi connectivity index (χ3n) is 3.25. The highest BCUT2D eigenvalue weighted by atomic mass is 127. The van der Waals surface area contributed by atoms with Crippen molar-refractivity contribution >= 4 is 67.4 Å². The maximum absolute atomic E-state index is 14.5. The lowest BCUT2D eigenvalue weighted by Crippen LogP contribution is -2.30. The quantitative estimate of drug-likeness (QED) is 0.229. The number of carbonyl (C=O) groups is 1. The van der Waals surface area contributed by atoms with E-state index in [1.54, 1.807) is 18.2 Å².